The van der Waals surface area contributed by atoms with Gasteiger partial charge in [-0.05, 0) is 26.4 Å². The highest BCUT2D eigenvalue weighted by atomic mass is 16.2. The van der Waals surface area contributed by atoms with Crippen LogP contribution in [0.15, 0.2) is 0 Å². The fraction of sp³-hybridized carbons (Fsp3) is 0.929. The molecule has 1 atom stereocenters. The highest BCUT2D eigenvalue weighted by Crippen LogP contribution is 2.08. The number of carbonyl (C=O) groups is 1. The molecule has 1 fully saturated rings. The zero-order valence-electron chi connectivity index (χ0n) is 12.9. The molecule has 0 spiro atoms. The molecule has 0 aliphatic carbocycles. The van der Waals surface area contributed by atoms with Crippen molar-refractivity contribution in [3.8, 4) is 0 Å². The summed E-state index contributed by atoms with van der Waals surface area (Å²) < 4.78 is 0. The van der Waals surface area contributed by atoms with Crippen LogP contribution in [-0.2, 0) is 4.79 Å². The van der Waals surface area contributed by atoms with Gasteiger partial charge >= 0.3 is 0 Å². The van der Waals surface area contributed by atoms with Gasteiger partial charge in [-0.3, -0.25) is 9.69 Å². The second-order valence-electron chi connectivity index (χ2n) is 6.21. The molecule has 112 valence electrons. The van der Waals surface area contributed by atoms with E-state index in [0.29, 0.717) is 5.92 Å². The zero-order chi connectivity index (χ0) is 14.4. The van der Waals surface area contributed by atoms with Crippen molar-refractivity contribution in [3.05, 3.63) is 0 Å². The molecule has 0 aromatic rings. The number of amides is 1. The molecule has 0 bridgehead atoms. The third-order valence-corrected chi connectivity index (χ3v) is 3.59. The summed E-state index contributed by atoms with van der Waals surface area (Å²) in [5.74, 6) is 0.598. The zero-order valence-corrected chi connectivity index (χ0v) is 12.9. The van der Waals surface area contributed by atoms with Gasteiger partial charge in [0.1, 0.15) is 0 Å². The lowest BCUT2D eigenvalue weighted by atomic mass is 10.0. The van der Waals surface area contributed by atoms with E-state index in [1.807, 2.05) is 4.90 Å². The molecule has 1 saturated heterocycles. The van der Waals surface area contributed by atoms with Gasteiger partial charge in [0.15, 0.2) is 0 Å². The summed E-state index contributed by atoms with van der Waals surface area (Å²) in [5, 5.41) is 0. The van der Waals surface area contributed by atoms with E-state index in [-0.39, 0.29) is 11.9 Å². The minimum absolute atomic E-state index is 0.126. The molecule has 1 amide bonds. The van der Waals surface area contributed by atoms with Crippen LogP contribution in [0.25, 0.3) is 0 Å². The van der Waals surface area contributed by atoms with Crippen molar-refractivity contribution in [3.63, 3.8) is 0 Å². The lowest BCUT2D eigenvalue weighted by Gasteiger charge is -2.36. The summed E-state index contributed by atoms with van der Waals surface area (Å²) in [6.45, 7) is 9.92. The predicted molar refractivity (Wildman–Crippen MR) is 79.0 cm³/mol. The van der Waals surface area contributed by atoms with Crippen molar-refractivity contribution in [1.82, 2.24) is 14.7 Å². The molecule has 19 heavy (non-hydrogen) atoms. The number of hydrogen-bond acceptors (Lipinski definition) is 4. The SMILES string of the molecule is CC(C)C[C@@H](N)C(=O)N1CCN(CCN(C)C)CC1. The largest absolute Gasteiger partial charge is 0.339 e. The van der Waals surface area contributed by atoms with Gasteiger partial charge in [0.2, 0.25) is 5.91 Å². The van der Waals surface area contributed by atoms with Gasteiger partial charge < -0.3 is 15.5 Å². The van der Waals surface area contributed by atoms with Gasteiger partial charge in [-0.25, -0.2) is 0 Å². The van der Waals surface area contributed by atoms with Crippen molar-refractivity contribution < 1.29 is 4.79 Å². The van der Waals surface area contributed by atoms with Gasteiger partial charge in [-0.2, -0.15) is 0 Å². The number of nitrogens with two attached hydrogens (primary N) is 1. The summed E-state index contributed by atoms with van der Waals surface area (Å²) >= 11 is 0. The molecule has 0 aromatic carbocycles. The summed E-state index contributed by atoms with van der Waals surface area (Å²) in [6, 6.07) is -0.326. The molecule has 1 aliphatic heterocycles. The Morgan fingerprint density at radius 3 is 2.26 bits per heavy atom. The first kappa shape index (κ1) is 16.4. The van der Waals surface area contributed by atoms with Gasteiger partial charge in [0.05, 0.1) is 6.04 Å². The number of hydrogen-bond donors (Lipinski definition) is 1. The number of likely N-dealkylation sites (N-methyl/N-ethyl adjacent to an activating group) is 1. The molecule has 0 radical (unpaired) electrons. The Morgan fingerprint density at radius 1 is 1.21 bits per heavy atom. The van der Waals surface area contributed by atoms with Crippen molar-refractivity contribution in [2.24, 2.45) is 11.7 Å². The van der Waals surface area contributed by atoms with E-state index in [4.69, 9.17) is 5.73 Å². The van der Waals surface area contributed by atoms with Crippen LogP contribution in [0.2, 0.25) is 0 Å². The van der Waals surface area contributed by atoms with E-state index in [9.17, 15) is 4.79 Å². The van der Waals surface area contributed by atoms with Crippen LogP contribution in [0.3, 0.4) is 0 Å². The van der Waals surface area contributed by atoms with Crippen LogP contribution < -0.4 is 5.73 Å². The fourth-order valence-corrected chi connectivity index (χ4v) is 2.38. The molecule has 2 N–H and O–H groups in total. The maximum Gasteiger partial charge on any atom is 0.239 e. The number of carbonyl (C=O) groups excluding carboxylic acids is 1. The smallest absolute Gasteiger partial charge is 0.239 e. The summed E-state index contributed by atoms with van der Waals surface area (Å²) in [7, 11) is 4.18. The first-order valence-electron chi connectivity index (χ1n) is 7.31. The molecule has 1 aliphatic rings. The number of nitrogens with zero attached hydrogens (tertiary/aromatic N) is 3. The molecule has 1 rings (SSSR count). The number of rotatable bonds is 6. The van der Waals surface area contributed by atoms with Crippen molar-refractivity contribution in [2.45, 2.75) is 26.3 Å². The van der Waals surface area contributed by atoms with E-state index in [1.54, 1.807) is 0 Å². The van der Waals surface area contributed by atoms with Crippen LogP contribution in [0.4, 0.5) is 0 Å². The van der Waals surface area contributed by atoms with Crippen molar-refractivity contribution in [2.75, 3.05) is 53.4 Å². The van der Waals surface area contributed by atoms with Gasteiger partial charge in [-0.15, -0.1) is 0 Å². The van der Waals surface area contributed by atoms with Gasteiger partial charge in [0.25, 0.3) is 0 Å². The molecule has 0 unspecified atom stereocenters. The second kappa shape index (κ2) is 7.82. The first-order chi connectivity index (χ1) is 8.90. The Bertz CT molecular complexity index is 273. The Morgan fingerprint density at radius 2 is 1.79 bits per heavy atom. The molecule has 0 aromatic heterocycles. The van der Waals surface area contributed by atoms with Crippen LogP contribution in [-0.4, -0.2) is 80.0 Å². The average Bonchev–Trinajstić information content (AvgIpc) is 2.35. The summed E-state index contributed by atoms with van der Waals surface area (Å²) in [5.41, 5.74) is 5.97. The highest BCUT2D eigenvalue weighted by molar-refractivity contribution is 5.81. The number of piperazine rings is 1. The monoisotopic (exact) mass is 270 g/mol. The molecular weight excluding hydrogens is 240 g/mol. The van der Waals surface area contributed by atoms with E-state index in [0.717, 1.165) is 45.7 Å². The standard InChI is InChI=1S/C14H30N4O/c1-12(2)11-13(15)14(19)18-9-7-17(8-10-18)6-5-16(3)4/h12-13H,5-11,15H2,1-4H3/t13-/m1/s1. The van der Waals surface area contributed by atoms with E-state index in [2.05, 4.69) is 37.7 Å². The Labute approximate surface area is 117 Å². The third-order valence-electron chi connectivity index (χ3n) is 3.59. The minimum atomic E-state index is -0.326. The molecule has 5 nitrogen and oxygen atoms in total. The lowest BCUT2D eigenvalue weighted by molar-refractivity contribution is -0.134. The van der Waals surface area contributed by atoms with Crippen LogP contribution in [0, 0.1) is 5.92 Å². The normalized spacial score (nSPS) is 19.2. The molecule has 5 heteroatoms. The molecule has 0 saturated carbocycles. The minimum Gasteiger partial charge on any atom is -0.339 e. The first-order valence-corrected chi connectivity index (χ1v) is 7.31. The van der Waals surface area contributed by atoms with Crippen LogP contribution >= 0.6 is 0 Å². The summed E-state index contributed by atoms with van der Waals surface area (Å²) in [4.78, 5) is 18.7. The second-order valence-corrected chi connectivity index (χ2v) is 6.21. The Hall–Kier alpha value is -0.650. The van der Waals surface area contributed by atoms with Crippen LogP contribution in [0.1, 0.15) is 20.3 Å². The van der Waals surface area contributed by atoms with E-state index < -0.39 is 0 Å². The fourth-order valence-electron chi connectivity index (χ4n) is 2.38. The molecular formula is C14H30N4O. The van der Waals surface area contributed by atoms with Gasteiger partial charge in [0, 0.05) is 39.3 Å². The third kappa shape index (κ3) is 5.89. The Kier molecular flexibility index (Phi) is 6.75. The average molecular weight is 270 g/mol. The van der Waals surface area contributed by atoms with Crippen molar-refractivity contribution in [1.29, 1.82) is 0 Å². The highest BCUT2D eigenvalue weighted by Gasteiger charge is 2.25. The van der Waals surface area contributed by atoms with E-state index >= 15 is 0 Å². The maximum absolute atomic E-state index is 12.2. The van der Waals surface area contributed by atoms with Gasteiger partial charge in [-0.1, -0.05) is 13.8 Å². The van der Waals surface area contributed by atoms with Crippen molar-refractivity contribution >= 4 is 5.91 Å². The molecule has 1 heterocycles. The topological polar surface area (TPSA) is 52.8 Å². The summed E-state index contributed by atoms with van der Waals surface area (Å²) in [6.07, 6.45) is 0.777. The quantitative estimate of drug-likeness (QED) is 0.742. The van der Waals surface area contributed by atoms with Crippen LogP contribution in [0.5, 0.6) is 0 Å². The maximum atomic E-state index is 12.2. The lowest BCUT2D eigenvalue weighted by Crippen LogP contribution is -2.54. The predicted octanol–water partition coefficient (Wildman–Crippen LogP) is 0.0656. The Balaban J connectivity index is 2.30. The van der Waals surface area contributed by atoms with E-state index in [1.165, 1.54) is 0 Å².